The molecule has 0 unspecified atom stereocenters. The first kappa shape index (κ1) is 10.1. The maximum absolute atomic E-state index is 6.02. The molecule has 0 atom stereocenters. The largest absolute Gasteiger partial charge is 0.255 e. The highest BCUT2D eigenvalue weighted by molar-refractivity contribution is 6.31. The van der Waals surface area contributed by atoms with Crippen LogP contribution in [0.5, 0.6) is 0 Å². The molecule has 0 saturated carbocycles. The number of aryl methyl sites for hydroxylation is 2. The first-order chi connectivity index (χ1) is 7.18. The Labute approximate surface area is 93.2 Å². The van der Waals surface area contributed by atoms with Crippen molar-refractivity contribution in [2.24, 2.45) is 0 Å². The number of hydrogen-bond acceptors (Lipinski definition) is 3. The van der Waals surface area contributed by atoms with Crippen LogP contribution in [0, 0.1) is 13.8 Å². The van der Waals surface area contributed by atoms with Crippen molar-refractivity contribution in [2.75, 3.05) is 0 Å². The number of nitrogens with zero attached hydrogens (tertiary/aromatic N) is 3. The zero-order chi connectivity index (χ0) is 10.8. The Morgan fingerprint density at radius 1 is 1.07 bits per heavy atom. The van der Waals surface area contributed by atoms with Crippen molar-refractivity contribution in [2.45, 2.75) is 13.8 Å². The van der Waals surface area contributed by atoms with Crippen LogP contribution in [0.4, 0.5) is 0 Å². The van der Waals surface area contributed by atoms with Crippen molar-refractivity contribution in [1.82, 2.24) is 15.0 Å². The van der Waals surface area contributed by atoms with Crippen LogP contribution >= 0.6 is 11.6 Å². The van der Waals surface area contributed by atoms with Crippen molar-refractivity contribution in [1.29, 1.82) is 0 Å². The van der Waals surface area contributed by atoms with Gasteiger partial charge in [0.1, 0.15) is 5.69 Å². The van der Waals surface area contributed by atoms with Crippen molar-refractivity contribution < 1.29 is 0 Å². The molecule has 4 heteroatoms. The van der Waals surface area contributed by atoms with E-state index in [4.69, 9.17) is 11.6 Å². The molecule has 76 valence electrons. The lowest BCUT2D eigenvalue weighted by molar-refractivity contribution is 1.04. The van der Waals surface area contributed by atoms with E-state index in [1.54, 1.807) is 6.20 Å². The number of aromatic nitrogens is 3. The summed E-state index contributed by atoms with van der Waals surface area (Å²) in [6.45, 7) is 3.79. The topological polar surface area (TPSA) is 38.7 Å². The van der Waals surface area contributed by atoms with Gasteiger partial charge >= 0.3 is 0 Å². The number of rotatable bonds is 1. The van der Waals surface area contributed by atoms with Crippen LogP contribution in [0.25, 0.3) is 11.4 Å². The lowest BCUT2D eigenvalue weighted by Crippen LogP contribution is -1.97. The Kier molecular flexibility index (Phi) is 2.64. The van der Waals surface area contributed by atoms with Gasteiger partial charge in [-0.3, -0.25) is 4.98 Å². The molecular formula is C11H10ClN3. The van der Waals surface area contributed by atoms with E-state index in [1.807, 2.05) is 32.0 Å². The van der Waals surface area contributed by atoms with Gasteiger partial charge in [0.15, 0.2) is 5.15 Å². The van der Waals surface area contributed by atoms with E-state index in [-0.39, 0.29) is 0 Å². The van der Waals surface area contributed by atoms with E-state index in [2.05, 4.69) is 15.0 Å². The fourth-order valence-corrected chi connectivity index (χ4v) is 1.51. The fourth-order valence-electron chi connectivity index (χ4n) is 1.24. The molecule has 2 aromatic heterocycles. The van der Waals surface area contributed by atoms with Crippen LogP contribution in [0.3, 0.4) is 0 Å². The molecule has 0 aliphatic rings. The summed E-state index contributed by atoms with van der Waals surface area (Å²) in [6, 6.07) is 5.62. The first-order valence-electron chi connectivity index (χ1n) is 4.60. The zero-order valence-electron chi connectivity index (χ0n) is 8.53. The minimum atomic E-state index is 0.400. The van der Waals surface area contributed by atoms with Gasteiger partial charge in [0, 0.05) is 6.20 Å². The standard InChI is InChI=1S/C11H10ClN3/c1-7-8(2)15-11(12)10(14-7)9-5-3-4-6-13-9/h3-6H,1-2H3. The minimum absolute atomic E-state index is 0.400. The molecule has 0 aliphatic heterocycles. The van der Waals surface area contributed by atoms with E-state index in [1.165, 1.54) is 0 Å². The van der Waals surface area contributed by atoms with Crippen LogP contribution in [-0.2, 0) is 0 Å². The molecule has 0 radical (unpaired) electrons. The lowest BCUT2D eigenvalue weighted by Gasteiger charge is -2.05. The van der Waals surface area contributed by atoms with Crippen LogP contribution < -0.4 is 0 Å². The van der Waals surface area contributed by atoms with Gasteiger partial charge in [0.25, 0.3) is 0 Å². The van der Waals surface area contributed by atoms with Gasteiger partial charge in [-0.25, -0.2) is 9.97 Å². The predicted molar refractivity (Wildman–Crippen MR) is 59.7 cm³/mol. The highest BCUT2D eigenvalue weighted by Gasteiger charge is 2.09. The second kappa shape index (κ2) is 3.95. The fraction of sp³-hybridized carbons (Fsp3) is 0.182. The maximum Gasteiger partial charge on any atom is 0.157 e. The van der Waals surface area contributed by atoms with E-state index in [0.717, 1.165) is 17.1 Å². The van der Waals surface area contributed by atoms with Gasteiger partial charge in [-0.05, 0) is 26.0 Å². The molecular weight excluding hydrogens is 210 g/mol. The Morgan fingerprint density at radius 2 is 1.80 bits per heavy atom. The Balaban J connectivity index is 2.59. The van der Waals surface area contributed by atoms with E-state index in [0.29, 0.717) is 10.8 Å². The van der Waals surface area contributed by atoms with Crippen LogP contribution in [0.1, 0.15) is 11.4 Å². The van der Waals surface area contributed by atoms with Crippen LogP contribution in [-0.4, -0.2) is 15.0 Å². The third-order valence-electron chi connectivity index (χ3n) is 2.17. The van der Waals surface area contributed by atoms with E-state index in [9.17, 15) is 0 Å². The van der Waals surface area contributed by atoms with Gasteiger partial charge in [-0.2, -0.15) is 0 Å². The van der Waals surface area contributed by atoms with Crippen molar-refractivity contribution in [3.05, 3.63) is 40.9 Å². The average Bonchev–Trinajstić information content (AvgIpc) is 2.25. The monoisotopic (exact) mass is 219 g/mol. The third-order valence-corrected chi connectivity index (χ3v) is 2.44. The molecule has 2 rings (SSSR count). The normalized spacial score (nSPS) is 10.3. The molecule has 0 aliphatic carbocycles. The summed E-state index contributed by atoms with van der Waals surface area (Å²) in [4.78, 5) is 12.8. The van der Waals surface area contributed by atoms with Gasteiger partial charge in [0.05, 0.1) is 17.1 Å². The molecule has 15 heavy (non-hydrogen) atoms. The zero-order valence-corrected chi connectivity index (χ0v) is 9.28. The summed E-state index contributed by atoms with van der Waals surface area (Å²) in [5.74, 6) is 0. The van der Waals surface area contributed by atoms with E-state index >= 15 is 0 Å². The molecule has 0 bridgehead atoms. The second-order valence-corrected chi connectivity index (χ2v) is 3.61. The summed E-state index contributed by atoms with van der Waals surface area (Å²) in [5.41, 5.74) is 3.11. The Bertz CT molecular complexity index is 483. The molecule has 0 fully saturated rings. The summed E-state index contributed by atoms with van der Waals surface area (Å²) in [7, 11) is 0. The SMILES string of the molecule is Cc1nc(Cl)c(-c2ccccn2)nc1C. The van der Waals surface area contributed by atoms with Gasteiger partial charge in [-0.15, -0.1) is 0 Å². The molecule has 3 nitrogen and oxygen atoms in total. The van der Waals surface area contributed by atoms with Crippen molar-refractivity contribution >= 4 is 11.6 Å². The van der Waals surface area contributed by atoms with Crippen LogP contribution in [0.2, 0.25) is 5.15 Å². The van der Waals surface area contributed by atoms with Gasteiger partial charge < -0.3 is 0 Å². The van der Waals surface area contributed by atoms with Crippen molar-refractivity contribution in [3.63, 3.8) is 0 Å². The summed E-state index contributed by atoms with van der Waals surface area (Å²) in [6.07, 6.45) is 1.71. The molecule has 0 spiro atoms. The highest BCUT2D eigenvalue weighted by Crippen LogP contribution is 2.22. The quantitative estimate of drug-likeness (QED) is 0.740. The Hall–Kier alpha value is -1.48. The van der Waals surface area contributed by atoms with E-state index < -0.39 is 0 Å². The van der Waals surface area contributed by atoms with Crippen LogP contribution in [0.15, 0.2) is 24.4 Å². The van der Waals surface area contributed by atoms with Gasteiger partial charge in [0.2, 0.25) is 0 Å². The molecule has 2 heterocycles. The summed E-state index contributed by atoms with van der Waals surface area (Å²) < 4.78 is 0. The second-order valence-electron chi connectivity index (χ2n) is 3.25. The van der Waals surface area contributed by atoms with Gasteiger partial charge in [-0.1, -0.05) is 17.7 Å². The number of pyridine rings is 1. The Morgan fingerprint density at radius 3 is 2.47 bits per heavy atom. The smallest absolute Gasteiger partial charge is 0.157 e. The summed E-state index contributed by atoms with van der Waals surface area (Å²) >= 11 is 6.02. The molecule has 0 N–H and O–H groups in total. The summed E-state index contributed by atoms with van der Waals surface area (Å²) in [5, 5.41) is 0.400. The molecule has 2 aromatic rings. The maximum atomic E-state index is 6.02. The molecule has 0 amide bonds. The lowest BCUT2D eigenvalue weighted by atomic mass is 10.2. The highest BCUT2D eigenvalue weighted by atomic mass is 35.5. The molecule has 0 saturated heterocycles. The predicted octanol–water partition coefficient (Wildman–Crippen LogP) is 2.81. The first-order valence-corrected chi connectivity index (χ1v) is 4.98. The number of hydrogen-bond donors (Lipinski definition) is 0. The third kappa shape index (κ3) is 1.97. The minimum Gasteiger partial charge on any atom is -0.255 e. The average molecular weight is 220 g/mol. The molecule has 0 aromatic carbocycles. The van der Waals surface area contributed by atoms with Crippen molar-refractivity contribution in [3.8, 4) is 11.4 Å². The number of halogens is 1.